The van der Waals surface area contributed by atoms with E-state index < -0.39 is 11.0 Å². The summed E-state index contributed by atoms with van der Waals surface area (Å²) in [4.78, 5) is 0. The highest BCUT2D eigenvalue weighted by Gasteiger charge is 2.45. The first kappa shape index (κ1) is 14.8. The lowest BCUT2D eigenvalue weighted by Gasteiger charge is -2.44. The fourth-order valence-corrected chi connectivity index (χ4v) is 3.00. The van der Waals surface area contributed by atoms with Gasteiger partial charge in [-0.2, -0.15) is 0 Å². The molecule has 2 atom stereocenters. The van der Waals surface area contributed by atoms with Gasteiger partial charge in [-0.15, -0.1) is 0 Å². The Morgan fingerprint density at radius 1 is 1.37 bits per heavy atom. The molecule has 108 valence electrons. The molecular weight excluding hydrogens is 262 g/mol. The van der Waals surface area contributed by atoms with Gasteiger partial charge < -0.3 is 9.15 Å². The molecular formula is C14H23NO3S. The lowest BCUT2D eigenvalue weighted by molar-refractivity contribution is -0.121. The molecule has 5 heteroatoms. The molecule has 1 N–H and O–H groups in total. The third-order valence-electron chi connectivity index (χ3n) is 3.39. The first-order valence-corrected chi connectivity index (χ1v) is 7.69. The molecule has 1 aliphatic rings. The van der Waals surface area contributed by atoms with E-state index in [1.54, 1.807) is 0 Å². The van der Waals surface area contributed by atoms with Gasteiger partial charge in [-0.3, -0.25) is 0 Å². The van der Waals surface area contributed by atoms with Crippen LogP contribution >= 0.6 is 0 Å². The third-order valence-corrected chi connectivity index (χ3v) is 4.95. The predicted molar refractivity (Wildman–Crippen MR) is 76.1 cm³/mol. The van der Waals surface area contributed by atoms with Gasteiger partial charge in [-0.1, -0.05) is 6.92 Å². The van der Waals surface area contributed by atoms with Gasteiger partial charge in [0, 0.05) is 5.41 Å². The number of furan rings is 1. The fraction of sp³-hybridized carbons (Fsp3) is 0.714. The summed E-state index contributed by atoms with van der Waals surface area (Å²) in [6, 6.07) is 3.80. The topological polar surface area (TPSA) is 51.5 Å². The number of nitrogens with one attached hydrogen (secondary N) is 1. The smallest absolute Gasteiger partial charge is 0.122 e. The van der Waals surface area contributed by atoms with Crippen LogP contribution in [-0.2, 0) is 15.7 Å². The minimum absolute atomic E-state index is 0.0643. The average Bonchev–Trinajstić information content (AvgIpc) is 2.67. The van der Waals surface area contributed by atoms with Crippen molar-refractivity contribution in [2.24, 2.45) is 5.41 Å². The van der Waals surface area contributed by atoms with Crippen LogP contribution in [-0.4, -0.2) is 22.2 Å². The van der Waals surface area contributed by atoms with Crippen LogP contribution in [0.5, 0.6) is 0 Å². The lowest BCUT2D eigenvalue weighted by atomic mass is 9.80. The Bertz CT molecular complexity index is 471. The van der Waals surface area contributed by atoms with Crippen molar-refractivity contribution in [1.82, 2.24) is 4.72 Å². The maximum atomic E-state index is 12.4. The molecule has 1 aromatic rings. The molecule has 2 heterocycles. The Hall–Kier alpha value is -0.650. The molecule has 0 radical (unpaired) electrons. The summed E-state index contributed by atoms with van der Waals surface area (Å²) >= 11 is 0. The Balaban J connectivity index is 2.23. The zero-order chi connectivity index (χ0) is 14.3. The molecule has 1 fully saturated rings. The molecule has 2 unspecified atom stereocenters. The molecule has 2 rings (SSSR count). The van der Waals surface area contributed by atoms with E-state index >= 15 is 0 Å². The second-order valence-electron chi connectivity index (χ2n) is 6.53. The Morgan fingerprint density at radius 2 is 2.00 bits per heavy atom. The van der Waals surface area contributed by atoms with Crippen LogP contribution < -0.4 is 4.72 Å². The summed E-state index contributed by atoms with van der Waals surface area (Å²) < 4.78 is 26.3. The molecule has 0 amide bonds. The van der Waals surface area contributed by atoms with Crippen LogP contribution in [0.25, 0.3) is 0 Å². The summed E-state index contributed by atoms with van der Waals surface area (Å²) in [5.41, 5.74) is -0.0643. The summed E-state index contributed by atoms with van der Waals surface area (Å²) in [5, 5.41) is 0. The van der Waals surface area contributed by atoms with Crippen LogP contribution in [0.15, 0.2) is 16.5 Å². The first-order valence-electron chi connectivity index (χ1n) is 6.54. The van der Waals surface area contributed by atoms with Gasteiger partial charge in [0.05, 0.1) is 35.0 Å². The molecule has 0 spiro atoms. The third kappa shape index (κ3) is 3.09. The van der Waals surface area contributed by atoms with Crippen molar-refractivity contribution in [2.45, 2.75) is 45.4 Å². The average molecular weight is 285 g/mol. The summed E-state index contributed by atoms with van der Waals surface area (Å²) in [5.74, 6) is 1.70. The van der Waals surface area contributed by atoms with Crippen molar-refractivity contribution in [1.29, 1.82) is 0 Å². The molecule has 0 bridgehead atoms. The van der Waals surface area contributed by atoms with Crippen molar-refractivity contribution in [3.63, 3.8) is 0 Å². The van der Waals surface area contributed by atoms with E-state index in [-0.39, 0.29) is 16.2 Å². The van der Waals surface area contributed by atoms with E-state index in [1.165, 1.54) is 0 Å². The van der Waals surface area contributed by atoms with Crippen molar-refractivity contribution in [3.8, 4) is 0 Å². The molecule has 0 aliphatic carbocycles. The van der Waals surface area contributed by atoms with Crippen molar-refractivity contribution >= 4 is 11.0 Å². The molecule has 1 aromatic heterocycles. The van der Waals surface area contributed by atoms with E-state index in [9.17, 15) is 4.21 Å². The normalized spacial score (nSPS) is 21.7. The van der Waals surface area contributed by atoms with Crippen molar-refractivity contribution in [3.05, 3.63) is 23.7 Å². The SMILES string of the molecule is Cc1ccc(C(NS(=O)C(C)(C)C)C2(C)COC2)o1. The van der Waals surface area contributed by atoms with Crippen LogP contribution in [0.4, 0.5) is 0 Å². The highest BCUT2D eigenvalue weighted by Crippen LogP contribution is 2.41. The molecule has 0 aromatic carbocycles. The predicted octanol–water partition coefficient (Wildman–Crippen LogP) is 2.72. The van der Waals surface area contributed by atoms with Crippen LogP contribution in [0.1, 0.15) is 45.3 Å². The zero-order valence-electron chi connectivity index (χ0n) is 12.3. The highest BCUT2D eigenvalue weighted by molar-refractivity contribution is 7.84. The summed E-state index contributed by atoms with van der Waals surface area (Å²) in [7, 11) is -1.14. The van der Waals surface area contributed by atoms with E-state index in [0.29, 0.717) is 13.2 Å². The second kappa shape index (κ2) is 5.04. The molecule has 4 nitrogen and oxygen atoms in total. The highest BCUT2D eigenvalue weighted by atomic mass is 32.2. The van der Waals surface area contributed by atoms with Crippen LogP contribution in [0.3, 0.4) is 0 Å². The van der Waals surface area contributed by atoms with Gasteiger partial charge >= 0.3 is 0 Å². The number of hydrogen-bond acceptors (Lipinski definition) is 3. The van der Waals surface area contributed by atoms with Crippen LogP contribution in [0.2, 0.25) is 0 Å². The minimum Gasteiger partial charge on any atom is -0.465 e. The van der Waals surface area contributed by atoms with Gasteiger partial charge in [-0.25, -0.2) is 8.93 Å². The molecule has 19 heavy (non-hydrogen) atoms. The number of hydrogen-bond donors (Lipinski definition) is 1. The van der Waals surface area contributed by atoms with E-state index in [2.05, 4.69) is 11.6 Å². The Labute approximate surface area is 117 Å². The largest absolute Gasteiger partial charge is 0.465 e. The maximum Gasteiger partial charge on any atom is 0.122 e. The number of ether oxygens (including phenoxy) is 1. The molecule has 1 aliphatic heterocycles. The first-order chi connectivity index (χ1) is 8.72. The van der Waals surface area contributed by atoms with E-state index in [0.717, 1.165) is 11.5 Å². The van der Waals surface area contributed by atoms with E-state index in [1.807, 2.05) is 39.8 Å². The fourth-order valence-electron chi connectivity index (χ4n) is 2.03. The van der Waals surface area contributed by atoms with Gasteiger partial charge in [0.1, 0.15) is 11.5 Å². The zero-order valence-corrected chi connectivity index (χ0v) is 13.1. The Kier molecular flexibility index (Phi) is 3.91. The minimum atomic E-state index is -1.14. The maximum absolute atomic E-state index is 12.4. The van der Waals surface area contributed by atoms with Crippen molar-refractivity contribution in [2.75, 3.05) is 13.2 Å². The standard InChI is InChI=1S/C14H23NO3S/c1-10-6-7-11(18-10)12(14(5)8-17-9-14)15-19(16)13(2,3)4/h6-7,12,15H,8-9H2,1-5H3. The second-order valence-corrected chi connectivity index (χ2v) is 8.53. The number of rotatable bonds is 4. The van der Waals surface area contributed by atoms with Gasteiger partial charge in [-0.05, 0) is 39.8 Å². The number of aryl methyl sites for hydroxylation is 1. The quantitative estimate of drug-likeness (QED) is 0.925. The summed E-state index contributed by atoms with van der Waals surface area (Å²) in [6.45, 7) is 11.2. The van der Waals surface area contributed by atoms with Gasteiger partial charge in [0.15, 0.2) is 0 Å². The molecule has 1 saturated heterocycles. The van der Waals surface area contributed by atoms with Gasteiger partial charge in [0.25, 0.3) is 0 Å². The molecule has 0 saturated carbocycles. The lowest BCUT2D eigenvalue weighted by Crippen LogP contribution is -2.51. The van der Waals surface area contributed by atoms with Crippen LogP contribution in [0, 0.1) is 12.3 Å². The summed E-state index contributed by atoms with van der Waals surface area (Å²) in [6.07, 6.45) is 0. The van der Waals surface area contributed by atoms with Gasteiger partial charge in [0.2, 0.25) is 0 Å². The Morgan fingerprint density at radius 3 is 2.37 bits per heavy atom. The van der Waals surface area contributed by atoms with Crippen molar-refractivity contribution < 1.29 is 13.4 Å². The van der Waals surface area contributed by atoms with E-state index in [4.69, 9.17) is 9.15 Å². The monoisotopic (exact) mass is 285 g/mol.